The molecule has 0 spiro atoms. The van der Waals surface area contributed by atoms with Crippen LogP contribution in [0.1, 0.15) is 30.9 Å². The molecule has 3 heterocycles. The maximum Gasteiger partial charge on any atom is 0.290 e. The van der Waals surface area contributed by atoms with Crippen LogP contribution >= 0.6 is 11.6 Å². The van der Waals surface area contributed by atoms with Gasteiger partial charge in [0.1, 0.15) is 0 Å². The fourth-order valence-electron chi connectivity index (χ4n) is 4.18. The van der Waals surface area contributed by atoms with Crippen LogP contribution in [0, 0.1) is 0 Å². The highest BCUT2D eigenvalue weighted by atomic mass is 35.5. The monoisotopic (exact) mass is 423 g/mol. The largest absolute Gasteiger partial charge is 0.483 e. The van der Waals surface area contributed by atoms with Gasteiger partial charge < -0.3 is 20.1 Å². The smallest absolute Gasteiger partial charge is 0.290 e. The zero-order valence-electron chi connectivity index (χ0n) is 16.1. The van der Waals surface area contributed by atoms with Crippen molar-refractivity contribution in [1.82, 2.24) is 15.1 Å². The number of amides is 2. The van der Waals surface area contributed by atoms with Gasteiger partial charge in [-0.25, -0.2) is 0 Å². The molecule has 0 radical (unpaired) electrons. The maximum absolute atomic E-state index is 12.3. The van der Waals surface area contributed by atoms with E-state index in [1.54, 1.807) is 4.90 Å². The number of hydrogen-bond donors (Lipinski definition) is 2. The summed E-state index contributed by atoms with van der Waals surface area (Å²) in [4.78, 5) is 36.3. The molecule has 0 unspecified atom stereocenters. The lowest BCUT2D eigenvalue weighted by molar-refractivity contribution is -0.133. The van der Waals surface area contributed by atoms with Crippen LogP contribution in [-0.4, -0.2) is 78.1 Å². The fraction of sp³-hybridized carbons (Fsp3) is 0.550. The zero-order valence-corrected chi connectivity index (χ0v) is 16.9. The normalized spacial score (nSPS) is 26.4. The summed E-state index contributed by atoms with van der Waals surface area (Å²) in [5.74, 6) is 0.0310. The van der Waals surface area contributed by atoms with E-state index in [-0.39, 0.29) is 37.0 Å². The number of benzene rings is 1. The second-order valence-corrected chi connectivity index (χ2v) is 7.94. The molecule has 1 aromatic carbocycles. The average Bonchev–Trinajstić information content (AvgIpc) is 3.27. The van der Waals surface area contributed by atoms with E-state index in [9.17, 15) is 9.59 Å². The lowest BCUT2D eigenvalue weighted by Crippen LogP contribution is -2.44. The van der Waals surface area contributed by atoms with Crippen LogP contribution in [-0.2, 0) is 19.1 Å². The molecule has 8 nitrogen and oxygen atoms in total. The number of carboxylic acid groups (broad SMARTS) is 1. The molecule has 3 saturated heterocycles. The van der Waals surface area contributed by atoms with Crippen LogP contribution in [0.15, 0.2) is 24.3 Å². The van der Waals surface area contributed by atoms with Gasteiger partial charge in [-0.05, 0) is 30.5 Å². The number of rotatable bonds is 4. The minimum Gasteiger partial charge on any atom is -0.483 e. The molecule has 0 bridgehead atoms. The minimum absolute atomic E-state index is 0.0418. The van der Waals surface area contributed by atoms with E-state index >= 15 is 0 Å². The SMILES string of the molecule is O=C(CN1CCCC1=O)N[C@@H]1C[C@H]2CO[C@@H](c3ccc(Cl)cc3)CN2C1.O=CO. The molecule has 0 saturated carbocycles. The van der Waals surface area contributed by atoms with Gasteiger partial charge in [0, 0.05) is 43.2 Å². The van der Waals surface area contributed by atoms with Crippen molar-refractivity contribution in [2.24, 2.45) is 0 Å². The second kappa shape index (κ2) is 10.0. The first-order valence-corrected chi connectivity index (χ1v) is 10.1. The number of hydrogen-bond acceptors (Lipinski definition) is 5. The van der Waals surface area contributed by atoms with E-state index in [1.807, 2.05) is 24.3 Å². The van der Waals surface area contributed by atoms with Gasteiger partial charge in [-0.3, -0.25) is 19.3 Å². The first-order chi connectivity index (χ1) is 14.0. The Morgan fingerprint density at radius 1 is 1.31 bits per heavy atom. The molecule has 29 heavy (non-hydrogen) atoms. The van der Waals surface area contributed by atoms with Crippen molar-refractivity contribution >= 4 is 29.9 Å². The predicted octanol–water partition coefficient (Wildman–Crippen LogP) is 1.29. The molecular formula is C20H26ClN3O5. The van der Waals surface area contributed by atoms with Crippen LogP contribution in [0.5, 0.6) is 0 Å². The van der Waals surface area contributed by atoms with Crippen LogP contribution in [0.25, 0.3) is 0 Å². The highest BCUT2D eigenvalue weighted by Gasteiger charge is 2.38. The molecule has 3 aliphatic heterocycles. The van der Waals surface area contributed by atoms with E-state index < -0.39 is 0 Å². The number of ether oxygens (including phenoxy) is 1. The lowest BCUT2D eigenvalue weighted by atomic mass is 10.1. The van der Waals surface area contributed by atoms with Gasteiger partial charge in [-0.1, -0.05) is 23.7 Å². The van der Waals surface area contributed by atoms with Crippen molar-refractivity contribution in [3.8, 4) is 0 Å². The van der Waals surface area contributed by atoms with E-state index in [0.717, 1.165) is 36.5 Å². The summed E-state index contributed by atoms with van der Waals surface area (Å²) in [5.41, 5.74) is 1.13. The van der Waals surface area contributed by atoms with E-state index in [2.05, 4.69) is 10.2 Å². The molecule has 4 rings (SSSR count). The lowest BCUT2D eigenvalue weighted by Gasteiger charge is -2.35. The molecule has 3 fully saturated rings. The quantitative estimate of drug-likeness (QED) is 0.708. The number of morpholine rings is 1. The number of nitrogens with zero attached hydrogens (tertiary/aromatic N) is 2. The predicted molar refractivity (Wildman–Crippen MR) is 107 cm³/mol. The Kier molecular flexibility index (Phi) is 7.46. The molecule has 0 aliphatic carbocycles. The van der Waals surface area contributed by atoms with Gasteiger partial charge in [0.25, 0.3) is 6.47 Å². The first-order valence-electron chi connectivity index (χ1n) is 9.76. The third-order valence-electron chi connectivity index (χ3n) is 5.53. The van der Waals surface area contributed by atoms with Crippen molar-refractivity contribution < 1.29 is 24.2 Å². The van der Waals surface area contributed by atoms with Gasteiger partial charge in [0.15, 0.2) is 0 Å². The van der Waals surface area contributed by atoms with Gasteiger partial charge in [-0.15, -0.1) is 0 Å². The molecule has 0 aromatic heterocycles. The first kappa shape index (κ1) is 21.5. The Morgan fingerprint density at radius 3 is 2.69 bits per heavy atom. The molecule has 3 aliphatic rings. The Morgan fingerprint density at radius 2 is 2.03 bits per heavy atom. The number of halogens is 1. The number of carbonyl (C=O) groups is 3. The molecule has 1 aromatic rings. The molecule has 158 valence electrons. The molecular weight excluding hydrogens is 398 g/mol. The third kappa shape index (κ3) is 5.68. The Balaban J connectivity index is 0.000000755. The highest BCUT2D eigenvalue weighted by molar-refractivity contribution is 6.30. The van der Waals surface area contributed by atoms with Crippen LogP contribution in [0.3, 0.4) is 0 Å². The molecule has 2 amide bonds. The number of likely N-dealkylation sites (tertiary alicyclic amines) is 1. The Bertz CT molecular complexity index is 729. The van der Waals surface area contributed by atoms with Crippen molar-refractivity contribution in [2.75, 3.05) is 32.8 Å². The topological polar surface area (TPSA) is 99.2 Å². The van der Waals surface area contributed by atoms with E-state index in [0.29, 0.717) is 25.6 Å². The van der Waals surface area contributed by atoms with E-state index in [1.165, 1.54) is 0 Å². The average molecular weight is 424 g/mol. The molecule has 2 N–H and O–H groups in total. The summed E-state index contributed by atoms with van der Waals surface area (Å²) in [6.45, 7) is 2.96. The van der Waals surface area contributed by atoms with E-state index in [4.69, 9.17) is 26.2 Å². The molecule has 3 atom stereocenters. The van der Waals surface area contributed by atoms with Gasteiger partial charge >= 0.3 is 0 Å². The summed E-state index contributed by atoms with van der Waals surface area (Å²) in [6.07, 6.45) is 2.36. The minimum atomic E-state index is -0.250. The number of carbonyl (C=O) groups excluding carboxylic acids is 2. The van der Waals surface area contributed by atoms with Crippen LogP contribution < -0.4 is 5.32 Å². The van der Waals surface area contributed by atoms with Crippen LogP contribution in [0.4, 0.5) is 0 Å². The summed E-state index contributed by atoms with van der Waals surface area (Å²) < 4.78 is 6.04. The second-order valence-electron chi connectivity index (χ2n) is 7.51. The molecule has 9 heteroatoms. The Hall–Kier alpha value is -2.16. The standard InChI is InChI=1S/C19H24ClN3O3.CH2O2/c20-14-5-3-13(4-6-14)17-10-23-9-15(8-16(23)12-26-17)21-18(24)11-22-7-1-2-19(22)25;2-1-3/h3-6,15-17H,1-2,7-12H2,(H,21,24);1H,(H,2,3)/t15-,16+,17-;/m1./s1. The van der Waals surface area contributed by atoms with Crippen molar-refractivity contribution in [1.29, 1.82) is 0 Å². The summed E-state index contributed by atoms with van der Waals surface area (Å²) in [7, 11) is 0. The summed E-state index contributed by atoms with van der Waals surface area (Å²) in [6, 6.07) is 8.26. The van der Waals surface area contributed by atoms with Crippen molar-refractivity contribution in [2.45, 2.75) is 37.5 Å². The fourth-order valence-corrected chi connectivity index (χ4v) is 4.30. The summed E-state index contributed by atoms with van der Waals surface area (Å²) >= 11 is 5.96. The van der Waals surface area contributed by atoms with Crippen molar-refractivity contribution in [3.63, 3.8) is 0 Å². The third-order valence-corrected chi connectivity index (χ3v) is 5.78. The highest BCUT2D eigenvalue weighted by Crippen LogP contribution is 2.30. The zero-order chi connectivity index (χ0) is 20.8. The number of nitrogens with one attached hydrogen (secondary N) is 1. The van der Waals surface area contributed by atoms with Gasteiger partial charge in [-0.2, -0.15) is 0 Å². The maximum atomic E-state index is 12.3. The Labute approximate surface area is 174 Å². The van der Waals surface area contributed by atoms with Gasteiger partial charge in [0.05, 0.1) is 19.3 Å². The summed E-state index contributed by atoms with van der Waals surface area (Å²) in [5, 5.41) is 10.7. The van der Waals surface area contributed by atoms with Gasteiger partial charge in [0.2, 0.25) is 11.8 Å². The van der Waals surface area contributed by atoms with Crippen molar-refractivity contribution in [3.05, 3.63) is 34.9 Å². The number of fused-ring (bicyclic) bond motifs is 1. The van der Waals surface area contributed by atoms with Crippen LogP contribution in [0.2, 0.25) is 5.02 Å².